The summed E-state index contributed by atoms with van der Waals surface area (Å²) < 4.78 is 0. The van der Waals surface area contributed by atoms with Crippen LogP contribution < -0.4 is 0 Å². The van der Waals surface area contributed by atoms with Crippen LogP contribution in [0.3, 0.4) is 0 Å². The molecule has 1 N–H and O–H groups in total. The van der Waals surface area contributed by atoms with E-state index in [1.165, 1.54) is 0 Å². The second kappa shape index (κ2) is 4.20. The van der Waals surface area contributed by atoms with Crippen molar-refractivity contribution in [3.63, 3.8) is 0 Å². The Hall–Kier alpha value is -0.410. The second-order valence-corrected chi connectivity index (χ2v) is 4.36. The normalized spacial score (nSPS) is 36.2. The van der Waals surface area contributed by atoms with E-state index in [1.807, 2.05) is 14.0 Å². The summed E-state index contributed by atoms with van der Waals surface area (Å²) in [6, 6.07) is 0. The van der Waals surface area contributed by atoms with Crippen molar-refractivity contribution in [2.45, 2.75) is 26.4 Å². The Morgan fingerprint density at radius 3 is 2.69 bits per heavy atom. The average Bonchev–Trinajstić information content (AvgIpc) is 1.98. The number of aliphatic hydroxyl groups is 1. The van der Waals surface area contributed by atoms with E-state index in [9.17, 15) is 9.90 Å². The third-order valence-corrected chi connectivity index (χ3v) is 2.76. The van der Waals surface area contributed by atoms with Crippen molar-refractivity contribution in [3.8, 4) is 0 Å². The number of nitrogens with zero attached hydrogens (tertiary/aromatic N) is 1. The van der Waals surface area contributed by atoms with Crippen molar-refractivity contribution in [1.82, 2.24) is 4.90 Å². The SMILES string of the molecule is CC(=O)C[C@@H]1CN(C)C[C@H](C)[C@@H]1O. The Bertz CT molecular complexity index is 193. The van der Waals surface area contributed by atoms with Gasteiger partial charge in [0.05, 0.1) is 6.10 Å². The zero-order valence-electron chi connectivity index (χ0n) is 8.66. The smallest absolute Gasteiger partial charge is 0.130 e. The molecule has 1 aliphatic rings. The molecule has 1 rings (SSSR count). The molecule has 0 amide bonds. The highest BCUT2D eigenvalue weighted by molar-refractivity contribution is 5.75. The van der Waals surface area contributed by atoms with Crippen molar-refractivity contribution in [1.29, 1.82) is 0 Å². The van der Waals surface area contributed by atoms with Crippen LogP contribution in [0.25, 0.3) is 0 Å². The lowest BCUT2D eigenvalue weighted by Crippen LogP contribution is -2.47. The summed E-state index contributed by atoms with van der Waals surface area (Å²) in [6.07, 6.45) is 0.204. The van der Waals surface area contributed by atoms with Crippen LogP contribution in [0.5, 0.6) is 0 Å². The zero-order valence-corrected chi connectivity index (χ0v) is 8.66. The van der Waals surface area contributed by atoms with Crippen LogP contribution in [0.1, 0.15) is 20.3 Å². The lowest BCUT2D eigenvalue weighted by molar-refractivity contribution is -0.120. The molecule has 76 valence electrons. The molecule has 13 heavy (non-hydrogen) atoms. The number of hydrogen-bond acceptors (Lipinski definition) is 3. The van der Waals surface area contributed by atoms with E-state index >= 15 is 0 Å². The lowest BCUT2D eigenvalue weighted by atomic mass is 9.84. The van der Waals surface area contributed by atoms with Crippen molar-refractivity contribution >= 4 is 5.78 Å². The Balaban J connectivity index is 2.55. The number of hydrogen-bond donors (Lipinski definition) is 1. The van der Waals surface area contributed by atoms with Gasteiger partial charge < -0.3 is 14.8 Å². The molecule has 0 unspecified atom stereocenters. The monoisotopic (exact) mass is 185 g/mol. The van der Waals surface area contributed by atoms with Crippen LogP contribution in [-0.4, -0.2) is 42.0 Å². The fourth-order valence-corrected chi connectivity index (χ4v) is 2.20. The van der Waals surface area contributed by atoms with Gasteiger partial charge >= 0.3 is 0 Å². The van der Waals surface area contributed by atoms with E-state index in [2.05, 4.69) is 4.90 Å². The molecule has 3 atom stereocenters. The van der Waals surface area contributed by atoms with Gasteiger partial charge in [0.1, 0.15) is 5.78 Å². The average molecular weight is 185 g/mol. The third kappa shape index (κ3) is 2.78. The molecule has 0 radical (unpaired) electrons. The molecule has 1 saturated heterocycles. The molecule has 1 aliphatic heterocycles. The van der Waals surface area contributed by atoms with Gasteiger partial charge in [0, 0.05) is 25.4 Å². The van der Waals surface area contributed by atoms with Crippen LogP contribution in [-0.2, 0) is 4.79 Å². The van der Waals surface area contributed by atoms with Crippen LogP contribution >= 0.6 is 0 Å². The molecule has 0 aromatic heterocycles. The summed E-state index contributed by atoms with van der Waals surface area (Å²) >= 11 is 0. The van der Waals surface area contributed by atoms with Gasteiger partial charge in [-0.2, -0.15) is 0 Å². The van der Waals surface area contributed by atoms with E-state index in [0.717, 1.165) is 13.1 Å². The number of carbonyl (C=O) groups excluding carboxylic acids is 1. The molecular formula is C10H19NO2. The van der Waals surface area contributed by atoms with Gasteiger partial charge in [0.25, 0.3) is 0 Å². The van der Waals surface area contributed by atoms with E-state index in [0.29, 0.717) is 6.42 Å². The number of carbonyl (C=O) groups is 1. The first-order valence-corrected chi connectivity index (χ1v) is 4.86. The van der Waals surface area contributed by atoms with Crippen LogP contribution in [0.15, 0.2) is 0 Å². The minimum Gasteiger partial charge on any atom is -0.392 e. The van der Waals surface area contributed by atoms with Gasteiger partial charge in [0.15, 0.2) is 0 Å². The van der Waals surface area contributed by atoms with Crippen LogP contribution in [0, 0.1) is 11.8 Å². The molecule has 0 spiro atoms. The predicted molar refractivity (Wildman–Crippen MR) is 51.5 cm³/mol. The highest BCUT2D eigenvalue weighted by Crippen LogP contribution is 2.23. The van der Waals surface area contributed by atoms with Gasteiger partial charge in [0.2, 0.25) is 0 Å². The van der Waals surface area contributed by atoms with Gasteiger partial charge in [-0.25, -0.2) is 0 Å². The topological polar surface area (TPSA) is 40.5 Å². The fourth-order valence-electron chi connectivity index (χ4n) is 2.20. The summed E-state index contributed by atoms with van der Waals surface area (Å²) in [5, 5.41) is 9.83. The first-order chi connectivity index (χ1) is 6.00. The third-order valence-electron chi connectivity index (χ3n) is 2.76. The summed E-state index contributed by atoms with van der Waals surface area (Å²) in [4.78, 5) is 13.1. The Morgan fingerprint density at radius 2 is 2.15 bits per heavy atom. The first kappa shape index (κ1) is 10.7. The van der Waals surface area contributed by atoms with E-state index in [-0.39, 0.29) is 23.7 Å². The number of likely N-dealkylation sites (tertiary alicyclic amines) is 1. The maximum absolute atomic E-state index is 10.9. The van der Waals surface area contributed by atoms with Crippen molar-refractivity contribution in [3.05, 3.63) is 0 Å². The highest BCUT2D eigenvalue weighted by atomic mass is 16.3. The largest absolute Gasteiger partial charge is 0.392 e. The van der Waals surface area contributed by atoms with Crippen molar-refractivity contribution in [2.75, 3.05) is 20.1 Å². The summed E-state index contributed by atoms with van der Waals surface area (Å²) in [6.45, 7) is 5.39. The number of ketones is 1. The summed E-state index contributed by atoms with van der Waals surface area (Å²) in [5.41, 5.74) is 0. The minimum atomic E-state index is -0.305. The Morgan fingerprint density at radius 1 is 1.54 bits per heavy atom. The molecule has 1 fully saturated rings. The molecule has 0 aromatic rings. The standard InChI is InChI=1S/C10H19NO2/c1-7-5-11(3)6-9(10(7)13)4-8(2)12/h7,9-10,13H,4-6H2,1-3H3/t7-,9+,10-/m0/s1. The number of rotatable bonds is 2. The zero-order chi connectivity index (χ0) is 10.0. The van der Waals surface area contributed by atoms with Gasteiger partial charge in [-0.15, -0.1) is 0 Å². The van der Waals surface area contributed by atoms with Crippen molar-refractivity contribution < 1.29 is 9.90 Å². The number of Topliss-reactive ketones (excluding diaryl/α,β-unsaturated/α-hetero) is 1. The maximum atomic E-state index is 10.9. The molecule has 0 aliphatic carbocycles. The first-order valence-electron chi connectivity index (χ1n) is 4.86. The molecule has 0 saturated carbocycles. The quantitative estimate of drug-likeness (QED) is 0.682. The molecule has 3 nitrogen and oxygen atoms in total. The van der Waals surface area contributed by atoms with Crippen molar-refractivity contribution in [2.24, 2.45) is 11.8 Å². The summed E-state index contributed by atoms with van der Waals surface area (Å²) in [5.74, 6) is 0.584. The molecule has 3 heteroatoms. The Labute approximate surface area is 79.7 Å². The Kier molecular flexibility index (Phi) is 3.45. The predicted octanol–water partition coefficient (Wildman–Crippen LogP) is 0.524. The van der Waals surface area contributed by atoms with Crippen LogP contribution in [0.2, 0.25) is 0 Å². The van der Waals surface area contributed by atoms with Gasteiger partial charge in [-0.05, 0) is 19.9 Å². The molecule has 0 aromatic carbocycles. The molecule has 0 bridgehead atoms. The number of piperidine rings is 1. The van der Waals surface area contributed by atoms with Gasteiger partial charge in [-0.1, -0.05) is 6.92 Å². The lowest BCUT2D eigenvalue weighted by Gasteiger charge is -2.38. The molecule has 1 heterocycles. The van der Waals surface area contributed by atoms with E-state index in [1.54, 1.807) is 6.92 Å². The maximum Gasteiger partial charge on any atom is 0.130 e. The second-order valence-electron chi connectivity index (χ2n) is 4.36. The van der Waals surface area contributed by atoms with Crippen LogP contribution in [0.4, 0.5) is 0 Å². The minimum absolute atomic E-state index is 0.131. The van der Waals surface area contributed by atoms with E-state index < -0.39 is 0 Å². The van der Waals surface area contributed by atoms with E-state index in [4.69, 9.17) is 0 Å². The number of aliphatic hydroxyl groups excluding tert-OH is 1. The molecular weight excluding hydrogens is 166 g/mol. The summed E-state index contributed by atoms with van der Waals surface area (Å²) in [7, 11) is 2.04. The fraction of sp³-hybridized carbons (Fsp3) is 0.900. The van der Waals surface area contributed by atoms with Gasteiger partial charge in [-0.3, -0.25) is 0 Å². The highest BCUT2D eigenvalue weighted by Gasteiger charge is 2.31.